The lowest BCUT2D eigenvalue weighted by atomic mass is 9.93. The first-order valence-electron chi connectivity index (χ1n) is 9.25. The summed E-state index contributed by atoms with van der Waals surface area (Å²) in [5.41, 5.74) is 5.35. The molecule has 0 saturated carbocycles. The van der Waals surface area contributed by atoms with Gasteiger partial charge in [-0.3, -0.25) is 9.79 Å². The summed E-state index contributed by atoms with van der Waals surface area (Å²) in [4.78, 5) is 17.3. The zero-order chi connectivity index (χ0) is 19.7. The van der Waals surface area contributed by atoms with Crippen molar-refractivity contribution in [2.45, 2.75) is 26.3 Å². The second kappa shape index (κ2) is 7.60. The fraction of sp³-hybridized carbons (Fsp3) is 0.227. The highest BCUT2D eigenvalue weighted by Gasteiger charge is 2.30. The minimum absolute atomic E-state index is 0.0655. The van der Waals surface area contributed by atoms with Gasteiger partial charge in [0.1, 0.15) is 17.5 Å². The molecule has 0 spiro atoms. The molecule has 0 bridgehead atoms. The number of amides is 1. The number of benzene rings is 2. The van der Waals surface area contributed by atoms with E-state index < -0.39 is 6.04 Å². The molecule has 28 heavy (non-hydrogen) atoms. The van der Waals surface area contributed by atoms with Crippen LogP contribution in [0.1, 0.15) is 42.0 Å². The van der Waals surface area contributed by atoms with Crippen LogP contribution >= 0.6 is 11.6 Å². The van der Waals surface area contributed by atoms with Crippen LogP contribution in [0.4, 0.5) is 0 Å². The maximum Gasteiger partial charge on any atom is 0.222 e. The lowest BCUT2D eigenvalue weighted by Gasteiger charge is -2.12. The van der Waals surface area contributed by atoms with Gasteiger partial charge in [0.05, 0.1) is 17.7 Å². The number of hydrogen-bond acceptors (Lipinski definition) is 4. The van der Waals surface area contributed by atoms with Crippen LogP contribution in [-0.2, 0) is 4.79 Å². The van der Waals surface area contributed by atoms with Gasteiger partial charge in [0, 0.05) is 22.7 Å². The summed E-state index contributed by atoms with van der Waals surface area (Å²) in [5.74, 6) is 0.653. The molecule has 0 radical (unpaired) electrons. The summed E-state index contributed by atoms with van der Waals surface area (Å²) in [6.45, 7) is 4.36. The minimum atomic E-state index is -0.433. The van der Waals surface area contributed by atoms with E-state index in [-0.39, 0.29) is 12.3 Å². The Morgan fingerprint density at radius 1 is 1.14 bits per heavy atom. The van der Waals surface area contributed by atoms with Crippen LogP contribution in [0.5, 0.6) is 0 Å². The monoisotopic (exact) mass is 393 g/mol. The number of halogens is 1. The predicted molar refractivity (Wildman–Crippen MR) is 110 cm³/mol. The average Bonchev–Trinajstić information content (AvgIpc) is 3.01. The van der Waals surface area contributed by atoms with Crippen LogP contribution in [-0.4, -0.2) is 23.3 Å². The number of aromatic nitrogens is 1. The van der Waals surface area contributed by atoms with Crippen molar-refractivity contribution in [2.75, 3.05) is 6.54 Å². The van der Waals surface area contributed by atoms with Gasteiger partial charge in [0.2, 0.25) is 5.91 Å². The van der Waals surface area contributed by atoms with Gasteiger partial charge >= 0.3 is 0 Å². The van der Waals surface area contributed by atoms with Crippen molar-refractivity contribution in [3.63, 3.8) is 0 Å². The molecule has 1 atom stereocenters. The smallest absolute Gasteiger partial charge is 0.222 e. The second-order valence-corrected chi connectivity index (χ2v) is 7.14. The highest BCUT2D eigenvalue weighted by atomic mass is 35.5. The van der Waals surface area contributed by atoms with Gasteiger partial charge in [0.15, 0.2) is 0 Å². The molecule has 1 aliphatic heterocycles. The van der Waals surface area contributed by atoms with Crippen molar-refractivity contribution < 1.29 is 9.32 Å². The van der Waals surface area contributed by atoms with E-state index in [2.05, 4.69) is 10.5 Å². The Morgan fingerprint density at radius 2 is 1.86 bits per heavy atom. The van der Waals surface area contributed by atoms with Gasteiger partial charge in [-0.25, -0.2) is 0 Å². The number of rotatable bonds is 4. The number of carbonyl (C=O) groups is 1. The van der Waals surface area contributed by atoms with Gasteiger partial charge in [-0.2, -0.15) is 0 Å². The van der Waals surface area contributed by atoms with E-state index in [0.29, 0.717) is 17.3 Å². The third-order valence-electron chi connectivity index (χ3n) is 4.81. The highest BCUT2D eigenvalue weighted by molar-refractivity contribution is 6.30. The molecule has 1 N–H and O–H groups in total. The molecule has 6 heteroatoms. The van der Waals surface area contributed by atoms with Crippen molar-refractivity contribution in [1.29, 1.82) is 0 Å². The van der Waals surface area contributed by atoms with Crippen molar-refractivity contribution >= 4 is 23.2 Å². The first-order chi connectivity index (χ1) is 13.6. The van der Waals surface area contributed by atoms with Crippen LogP contribution in [0.25, 0.3) is 11.1 Å². The topological polar surface area (TPSA) is 67.5 Å². The Kier molecular flexibility index (Phi) is 5.01. The maximum absolute atomic E-state index is 12.3. The van der Waals surface area contributed by atoms with E-state index in [9.17, 15) is 4.79 Å². The normalized spacial score (nSPS) is 15.2. The Bertz CT molecular complexity index is 1050. The van der Waals surface area contributed by atoms with Crippen LogP contribution in [0.3, 0.4) is 0 Å². The van der Waals surface area contributed by atoms with Crippen molar-refractivity contribution in [3.8, 4) is 11.1 Å². The van der Waals surface area contributed by atoms with Crippen molar-refractivity contribution in [3.05, 3.63) is 76.1 Å². The van der Waals surface area contributed by atoms with E-state index in [4.69, 9.17) is 21.1 Å². The number of nitrogens with zero attached hydrogens (tertiary/aromatic N) is 2. The number of fused-ring (bicyclic) bond motifs is 3. The molecule has 0 fully saturated rings. The number of carbonyl (C=O) groups excluding carboxylic acids is 1. The molecule has 2 aromatic carbocycles. The summed E-state index contributed by atoms with van der Waals surface area (Å²) in [5, 5.41) is 7.78. The van der Waals surface area contributed by atoms with Gasteiger partial charge in [-0.05, 0) is 31.5 Å². The molecule has 142 valence electrons. The number of hydrogen-bond donors (Lipinski definition) is 1. The van der Waals surface area contributed by atoms with Gasteiger partial charge in [0.25, 0.3) is 0 Å². The summed E-state index contributed by atoms with van der Waals surface area (Å²) >= 11 is 6.08. The van der Waals surface area contributed by atoms with Crippen molar-refractivity contribution in [1.82, 2.24) is 10.5 Å². The molecule has 0 saturated heterocycles. The molecular weight excluding hydrogens is 374 g/mol. The molecule has 3 aromatic rings. The third kappa shape index (κ3) is 3.34. The molecule has 2 heterocycles. The number of aliphatic imine (C=N–C) groups is 1. The van der Waals surface area contributed by atoms with E-state index in [0.717, 1.165) is 33.7 Å². The van der Waals surface area contributed by atoms with Gasteiger partial charge < -0.3 is 9.84 Å². The van der Waals surface area contributed by atoms with Crippen LogP contribution in [0.15, 0.2) is 58.0 Å². The maximum atomic E-state index is 12.3. The fourth-order valence-corrected chi connectivity index (χ4v) is 3.69. The standard InChI is InChI=1S/C22H20ClN3O2/c1-3-24-19(27)12-18-22-20(13(2)28-26-22)16-6-4-5-7-17(16)21(25-18)14-8-10-15(23)11-9-14/h4-11,18H,3,12H2,1-2H3,(H,24,27). The van der Waals surface area contributed by atoms with E-state index in [1.54, 1.807) is 0 Å². The fourth-order valence-electron chi connectivity index (χ4n) is 3.56. The molecule has 1 aliphatic rings. The first kappa shape index (κ1) is 18.4. The molecule has 1 unspecified atom stereocenters. The Balaban J connectivity index is 1.92. The SMILES string of the molecule is CCNC(=O)CC1N=C(c2ccc(Cl)cc2)c2ccccc2-c2c1noc2C. The lowest BCUT2D eigenvalue weighted by Crippen LogP contribution is -2.24. The van der Waals surface area contributed by atoms with Crippen molar-refractivity contribution in [2.24, 2.45) is 4.99 Å². The highest BCUT2D eigenvalue weighted by Crippen LogP contribution is 2.40. The zero-order valence-electron chi connectivity index (χ0n) is 15.7. The van der Waals surface area contributed by atoms with E-state index in [1.165, 1.54) is 0 Å². The Morgan fingerprint density at radius 3 is 2.57 bits per heavy atom. The van der Waals surface area contributed by atoms with Gasteiger partial charge in [-0.1, -0.05) is 53.2 Å². The molecule has 4 rings (SSSR count). The minimum Gasteiger partial charge on any atom is -0.361 e. The Labute approximate surface area is 168 Å². The summed E-state index contributed by atoms with van der Waals surface area (Å²) < 4.78 is 5.49. The molecule has 1 aromatic heterocycles. The largest absolute Gasteiger partial charge is 0.361 e. The third-order valence-corrected chi connectivity index (χ3v) is 5.06. The quantitative estimate of drug-likeness (QED) is 0.697. The van der Waals surface area contributed by atoms with E-state index in [1.807, 2.05) is 62.4 Å². The van der Waals surface area contributed by atoms with Crippen LogP contribution in [0, 0.1) is 6.92 Å². The zero-order valence-corrected chi connectivity index (χ0v) is 16.5. The average molecular weight is 394 g/mol. The molecule has 1 amide bonds. The number of nitrogens with one attached hydrogen (secondary N) is 1. The molecular formula is C22H20ClN3O2. The van der Waals surface area contributed by atoms with E-state index >= 15 is 0 Å². The molecule has 0 aliphatic carbocycles. The summed E-state index contributed by atoms with van der Waals surface area (Å²) in [6.07, 6.45) is 0.206. The number of aryl methyl sites for hydroxylation is 1. The summed E-state index contributed by atoms with van der Waals surface area (Å²) in [6, 6.07) is 15.2. The van der Waals surface area contributed by atoms with Crippen LogP contribution < -0.4 is 5.32 Å². The second-order valence-electron chi connectivity index (χ2n) is 6.70. The predicted octanol–water partition coefficient (Wildman–Crippen LogP) is 4.72. The summed E-state index contributed by atoms with van der Waals surface area (Å²) in [7, 11) is 0. The van der Waals surface area contributed by atoms with Gasteiger partial charge in [-0.15, -0.1) is 0 Å². The Hall–Kier alpha value is -2.92. The van der Waals surface area contributed by atoms with Crippen LogP contribution in [0.2, 0.25) is 5.02 Å². The lowest BCUT2D eigenvalue weighted by molar-refractivity contribution is -0.121. The molecule has 5 nitrogen and oxygen atoms in total. The first-order valence-corrected chi connectivity index (χ1v) is 9.62.